The van der Waals surface area contributed by atoms with Crippen LogP contribution in [0.5, 0.6) is 0 Å². The molecule has 0 spiro atoms. The summed E-state index contributed by atoms with van der Waals surface area (Å²) in [4.78, 5) is 16.7. The summed E-state index contributed by atoms with van der Waals surface area (Å²) in [5.74, 6) is 0.460. The van der Waals surface area contributed by atoms with Gasteiger partial charge in [0.25, 0.3) is 0 Å². The normalized spacial score (nSPS) is 11.9. The third-order valence-corrected chi connectivity index (χ3v) is 4.37. The van der Waals surface area contributed by atoms with Crippen LogP contribution in [-0.2, 0) is 11.3 Å². The zero-order valence-electron chi connectivity index (χ0n) is 17.2. The van der Waals surface area contributed by atoms with Gasteiger partial charge in [-0.15, -0.1) is 0 Å². The summed E-state index contributed by atoms with van der Waals surface area (Å²) in [6, 6.07) is 20.2. The summed E-state index contributed by atoms with van der Waals surface area (Å²) in [5.41, 5.74) is 1.33. The lowest BCUT2D eigenvalue weighted by molar-refractivity contribution is 0.121. The molecule has 2 N–H and O–H groups in total. The highest BCUT2D eigenvalue weighted by molar-refractivity contribution is 5.68. The molecule has 0 fully saturated rings. The number of benzene rings is 2. The maximum Gasteiger partial charge on any atom is 0.408 e. The number of carbonyl (C=O) groups excluding carboxylic acids is 1. The fourth-order valence-corrected chi connectivity index (χ4v) is 2.80. The SMILES string of the molecule is CC(C)(C)[C@H](NC(=O)OCc1ccccc1)c1nc(C#N)c(Nc2ccccc2)o1. The number of alkyl carbamates (subject to hydrolysis) is 1. The average molecular weight is 404 g/mol. The van der Waals surface area contributed by atoms with Crippen LogP contribution in [0.4, 0.5) is 16.4 Å². The van der Waals surface area contributed by atoms with Gasteiger partial charge in [-0.05, 0) is 23.1 Å². The summed E-state index contributed by atoms with van der Waals surface area (Å²) in [6.07, 6.45) is -0.590. The van der Waals surface area contributed by atoms with Crippen LogP contribution in [0.15, 0.2) is 65.1 Å². The number of nitrogens with one attached hydrogen (secondary N) is 2. The second-order valence-electron chi connectivity index (χ2n) is 7.84. The number of amides is 1. The van der Waals surface area contributed by atoms with Crippen LogP contribution >= 0.6 is 0 Å². The number of hydrogen-bond donors (Lipinski definition) is 2. The van der Waals surface area contributed by atoms with E-state index in [0.717, 1.165) is 11.3 Å². The number of rotatable bonds is 6. The Labute approximate surface area is 175 Å². The number of oxazole rings is 1. The third kappa shape index (κ3) is 5.39. The van der Waals surface area contributed by atoms with Crippen molar-refractivity contribution in [1.29, 1.82) is 5.26 Å². The molecular formula is C23H24N4O3. The van der Waals surface area contributed by atoms with Crippen molar-refractivity contribution in [2.45, 2.75) is 33.4 Å². The van der Waals surface area contributed by atoms with Crippen LogP contribution in [-0.4, -0.2) is 11.1 Å². The van der Waals surface area contributed by atoms with E-state index in [1.165, 1.54) is 0 Å². The van der Waals surface area contributed by atoms with Gasteiger partial charge < -0.3 is 19.8 Å². The molecule has 30 heavy (non-hydrogen) atoms. The average Bonchev–Trinajstić information content (AvgIpc) is 3.13. The molecule has 3 aromatic rings. The monoisotopic (exact) mass is 404 g/mol. The molecular weight excluding hydrogens is 380 g/mol. The van der Waals surface area contributed by atoms with Gasteiger partial charge in [0.1, 0.15) is 18.7 Å². The zero-order valence-corrected chi connectivity index (χ0v) is 17.2. The predicted octanol–water partition coefficient (Wildman–Crippen LogP) is 5.30. The van der Waals surface area contributed by atoms with Gasteiger partial charge in [-0.1, -0.05) is 69.3 Å². The van der Waals surface area contributed by atoms with Crippen molar-refractivity contribution in [2.24, 2.45) is 5.41 Å². The molecule has 7 heteroatoms. The number of aromatic nitrogens is 1. The fourth-order valence-electron chi connectivity index (χ4n) is 2.80. The Morgan fingerprint density at radius 1 is 1.13 bits per heavy atom. The molecule has 0 bridgehead atoms. The van der Waals surface area contributed by atoms with Gasteiger partial charge in [-0.25, -0.2) is 4.79 Å². The topological polar surface area (TPSA) is 100 Å². The first-order valence-electron chi connectivity index (χ1n) is 9.57. The van der Waals surface area contributed by atoms with Crippen LogP contribution in [0.2, 0.25) is 0 Å². The Balaban J connectivity index is 1.77. The van der Waals surface area contributed by atoms with Crippen LogP contribution in [0.25, 0.3) is 0 Å². The highest BCUT2D eigenvalue weighted by Gasteiger charge is 2.34. The maximum atomic E-state index is 12.4. The maximum absolute atomic E-state index is 12.4. The van der Waals surface area contributed by atoms with Crippen LogP contribution in [0.3, 0.4) is 0 Å². The molecule has 1 atom stereocenters. The lowest BCUT2D eigenvalue weighted by atomic mass is 9.87. The molecule has 0 saturated carbocycles. The second-order valence-corrected chi connectivity index (χ2v) is 7.84. The van der Waals surface area contributed by atoms with Gasteiger partial charge >= 0.3 is 6.09 Å². The Bertz CT molecular complexity index is 1020. The minimum atomic E-state index is -0.598. The molecule has 0 aliphatic heterocycles. The van der Waals surface area contributed by atoms with Crippen molar-refractivity contribution >= 4 is 17.7 Å². The van der Waals surface area contributed by atoms with Gasteiger partial charge in [0.2, 0.25) is 17.5 Å². The molecule has 0 radical (unpaired) electrons. The van der Waals surface area contributed by atoms with E-state index in [1.807, 2.05) is 87.5 Å². The lowest BCUT2D eigenvalue weighted by Crippen LogP contribution is -2.37. The van der Waals surface area contributed by atoms with Crippen molar-refractivity contribution in [3.8, 4) is 6.07 Å². The summed E-state index contributed by atoms with van der Waals surface area (Å²) < 4.78 is 11.2. The van der Waals surface area contributed by atoms with Crippen LogP contribution in [0, 0.1) is 16.7 Å². The van der Waals surface area contributed by atoms with Crippen molar-refractivity contribution < 1.29 is 13.9 Å². The number of carbonyl (C=O) groups is 1. The molecule has 1 amide bonds. The first-order valence-corrected chi connectivity index (χ1v) is 9.57. The zero-order chi connectivity index (χ0) is 21.6. The van der Waals surface area contributed by atoms with E-state index in [9.17, 15) is 10.1 Å². The van der Waals surface area contributed by atoms with E-state index in [1.54, 1.807) is 0 Å². The Morgan fingerprint density at radius 2 is 1.77 bits per heavy atom. The molecule has 2 aromatic carbocycles. The van der Waals surface area contributed by atoms with Crippen LogP contribution in [0.1, 0.15) is 44.0 Å². The molecule has 7 nitrogen and oxygen atoms in total. The largest absolute Gasteiger partial charge is 0.445 e. The first-order chi connectivity index (χ1) is 14.4. The summed E-state index contributed by atoms with van der Waals surface area (Å²) in [7, 11) is 0. The number of anilines is 2. The molecule has 0 saturated heterocycles. The third-order valence-electron chi connectivity index (χ3n) is 4.37. The number of nitriles is 1. The van der Waals surface area contributed by atoms with E-state index < -0.39 is 17.6 Å². The Kier molecular flexibility index (Phi) is 6.38. The van der Waals surface area contributed by atoms with E-state index in [-0.39, 0.29) is 24.1 Å². The molecule has 154 valence electrons. The minimum absolute atomic E-state index is 0.113. The van der Waals surface area contributed by atoms with Crippen molar-refractivity contribution in [3.05, 3.63) is 77.8 Å². The van der Waals surface area contributed by atoms with Gasteiger partial charge in [0, 0.05) is 5.69 Å². The number of hydrogen-bond acceptors (Lipinski definition) is 6. The second kappa shape index (κ2) is 9.14. The van der Waals surface area contributed by atoms with E-state index in [2.05, 4.69) is 15.6 Å². The molecule has 0 aliphatic rings. The van der Waals surface area contributed by atoms with Crippen LogP contribution < -0.4 is 10.6 Å². The van der Waals surface area contributed by atoms with E-state index >= 15 is 0 Å². The smallest absolute Gasteiger partial charge is 0.408 e. The lowest BCUT2D eigenvalue weighted by Gasteiger charge is -2.28. The molecule has 1 heterocycles. The van der Waals surface area contributed by atoms with Gasteiger partial charge in [-0.3, -0.25) is 0 Å². The number of para-hydroxylation sites is 1. The quantitative estimate of drug-likeness (QED) is 0.578. The van der Waals surface area contributed by atoms with Gasteiger partial charge in [0.15, 0.2) is 0 Å². The van der Waals surface area contributed by atoms with Crippen molar-refractivity contribution in [3.63, 3.8) is 0 Å². The molecule has 0 unspecified atom stereocenters. The fraction of sp³-hybridized carbons (Fsp3) is 0.261. The number of ether oxygens (including phenoxy) is 1. The highest BCUT2D eigenvalue weighted by atomic mass is 16.5. The highest BCUT2D eigenvalue weighted by Crippen LogP contribution is 2.35. The van der Waals surface area contributed by atoms with Gasteiger partial charge in [-0.2, -0.15) is 10.2 Å². The van der Waals surface area contributed by atoms with Crippen molar-refractivity contribution in [2.75, 3.05) is 5.32 Å². The van der Waals surface area contributed by atoms with Crippen molar-refractivity contribution in [1.82, 2.24) is 10.3 Å². The van der Waals surface area contributed by atoms with E-state index in [0.29, 0.717) is 0 Å². The minimum Gasteiger partial charge on any atom is -0.445 e. The van der Waals surface area contributed by atoms with Gasteiger partial charge in [0.05, 0.1) is 0 Å². The summed E-state index contributed by atoms with van der Waals surface area (Å²) in [5, 5.41) is 15.3. The Hall–Kier alpha value is -3.79. The number of nitrogens with zero attached hydrogens (tertiary/aromatic N) is 2. The molecule has 3 rings (SSSR count). The standard InChI is InChI=1S/C23H24N4O3/c1-23(2,3)19(27-22(28)29-15-16-10-6-4-7-11-16)21-26-18(14-24)20(30-21)25-17-12-8-5-9-13-17/h4-13,19,25H,15H2,1-3H3,(H,27,28)/t19-/m1/s1. The Morgan fingerprint density at radius 3 is 2.37 bits per heavy atom. The molecule has 1 aromatic heterocycles. The summed E-state index contributed by atoms with van der Waals surface area (Å²) >= 11 is 0. The first kappa shape index (κ1) is 20.9. The predicted molar refractivity (Wildman–Crippen MR) is 113 cm³/mol. The summed E-state index contributed by atoms with van der Waals surface area (Å²) in [6.45, 7) is 5.97. The van der Waals surface area contributed by atoms with E-state index in [4.69, 9.17) is 9.15 Å². The molecule has 0 aliphatic carbocycles.